The number of fused-ring (bicyclic) bond motifs is 1. The molecule has 0 radical (unpaired) electrons. The van der Waals surface area contributed by atoms with Crippen molar-refractivity contribution in [1.29, 1.82) is 0 Å². The van der Waals surface area contributed by atoms with Crippen molar-refractivity contribution in [3.63, 3.8) is 0 Å². The molecule has 1 N–H and O–H groups in total. The van der Waals surface area contributed by atoms with Gasteiger partial charge in [0.15, 0.2) is 0 Å². The average Bonchev–Trinajstić information content (AvgIpc) is 2.66. The van der Waals surface area contributed by atoms with Gasteiger partial charge in [-0.3, -0.25) is 0 Å². The molecule has 0 spiro atoms. The molecule has 0 bridgehead atoms. The van der Waals surface area contributed by atoms with E-state index in [1.54, 1.807) is 12.1 Å². The van der Waals surface area contributed by atoms with Crippen LogP contribution < -0.4 is 0 Å². The van der Waals surface area contributed by atoms with E-state index in [0.29, 0.717) is 5.02 Å². The average molecular weight is 273 g/mol. The summed E-state index contributed by atoms with van der Waals surface area (Å²) in [6.07, 6.45) is 0. The molecular weight excluding hydrogens is 260 g/mol. The zero-order valence-corrected chi connectivity index (χ0v) is 11.4. The zero-order chi connectivity index (χ0) is 13.6. The highest BCUT2D eigenvalue weighted by atomic mass is 35.5. The lowest BCUT2D eigenvalue weighted by atomic mass is 10.1. The second-order valence-electron chi connectivity index (χ2n) is 4.63. The Hall–Kier alpha value is -2.00. The number of halogens is 1. The summed E-state index contributed by atoms with van der Waals surface area (Å²) in [6.45, 7) is 1.96. The lowest BCUT2D eigenvalue weighted by Gasteiger charge is -2.06. The minimum Gasteiger partial charge on any atom is -0.508 e. The number of hydrogen-bond acceptors (Lipinski definition) is 2. The molecule has 2 aromatic carbocycles. The van der Waals surface area contributed by atoms with Crippen molar-refractivity contribution in [3.8, 4) is 17.1 Å². The largest absolute Gasteiger partial charge is 0.508 e. The molecular formula is C15H13ClN2O. The topological polar surface area (TPSA) is 38.1 Å². The van der Waals surface area contributed by atoms with Gasteiger partial charge in [0, 0.05) is 17.6 Å². The number of imidazole rings is 1. The zero-order valence-electron chi connectivity index (χ0n) is 10.7. The van der Waals surface area contributed by atoms with E-state index in [1.165, 1.54) is 0 Å². The minimum atomic E-state index is 0.267. The SMILES string of the molecule is Cc1cc(O)ccc1-c1nc2cc(Cl)ccc2n1C. The van der Waals surface area contributed by atoms with Crippen LogP contribution in [0.15, 0.2) is 36.4 Å². The van der Waals surface area contributed by atoms with Gasteiger partial charge in [-0.1, -0.05) is 11.6 Å². The number of benzene rings is 2. The van der Waals surface area contributed by atoms with E-state index in [9.17, 15) is 5.11 Å². The molecule has 1 heterocycles. The summed E-state index contributed by atoms with van der Waals surface area (Å²) in [4.78, 5) is 4.63. The molecule has 1 aromatic heterocycles. The van der Waals surface area contributed by atoms with E-state index in [4.69, 9.17) is 11.6 Å². The summed E-state index contributed by atoms with van der Waals surface area (Å²) in [7, 11) is 1.98. The predicted octanol–water partition coefficient (Wildman–Crippen LogP) is 3.91. The molecule has 0 amide bonds. The van der Waals surface area contributed by atoms with Crippen LogP contribution in [0.5, 0.6) is 5.75 Å². The maximum Gasteiger partial charge on any atom is 0.141 e. The Bertz CT molecular complexity index is 777. The van der Waals surface area contributed by atoms with Crippen molar-refractivity contribution >= 4 is 22.6 Å². The molecule has 0 aliphatic heterocycles. The lowest BCUT2D eigenvalue weighted by Crippen LogP contribution is -1.94. The molecule has 3 rings (SSSR count). The molecule has 96 valence electrons. The van der Waals surface area contributed by atoms with Crippen molar-refractivity contribution in [2.24, 2.45) is 7.05 Å². The van der Waals surface area contributed by atoms with Crippen molar-refractivity contribution < 1.29 is 5.11 Å². The number of aryl methyl sites for hydroxylation is 2. The standard InChI is InChI=1S/C15H13ClN2O/c1-9-7-11(19)4-5-12(9)15-17-13-8-10(16)3-6-14(13)18(15)2/h3-8,19H,1-2H3. The highest BCUT2D eigenvalue weighted by molar-refractivity contribution is 6.31. The molecule has 0 aliphatic rings. The van der Waals surface area contributed by atoms with E-state index >= 15 is 0 Å². The summed E-state index contributed by atoms with van der Waals surface area (Å²) in [5.74, 6) is 1.14. The number of aromatic hydroxyl groups is 1. The van der Waals surface area contributed by atoms with Crippen LogP contribution in [0.3, 0.4) is 0 Å². The van der Waals surface area contributed by atoms with E-state index in [2.05, 4.69) is 4.98 Å². The maximum absolute atomic E-state index is 9.49. The van der Waals surface area contributed by atoms with Gasteiger partial charge in [0.25, 0.3) is 0 Å². The third kappa shape index (κ3) is 1.96. The van der Waals surface area contributed by atoms with Crippen molar-refractivity contribution in [2.75, 3.05) is 0 Å². The summed E-state index contributed by atoms with van der Waals surface area (Å²) < 4.78 is 2.03. The number of nitrogens with zero attached hydrogens (tertiary/aromatic N) is 2. The number of phenolic OH excluding ortho intramolecular Hbond substituents is 1. The normalized spacial score (nSPS) is 11.1. The molecule has 4 heteroatoms. The van der Waals surface area contributed by atoms with Crippen LogP contribution in [0.2, 0.25) is 5.02 Å². The number of rotatable bonds is 1. The summed E-state index contributed by atoms with van der Waals surface area (Å²) >= 11 is 6.00. The molecule has 19 heavy (non-hydrogen) atoms. The summed E-state index contributed by atoms with van der Waals surface area (Å²) in [5, 5.41) is 10.2. The molecule has 0 aliphatic carbocycles. The van der Waals surface area contributed by atoms with E-state index in [-0.39, 0.29) is 5.75 Å². The maximum atomic E-state index is 9.49. The Morgan fingerprint density at radius 3 is 2.68 bits per heavy atom. The number of aromatic nitrogens is 2. The molecule has 0 saturated heterocycles. The Morgan fingerprint density at radius 1 is 1.16 bits per heavy atom. The Balaban J connectivity index is 2.27. The third-order valence-corrected chi connectivity index (χ3v) is 3.53. The van der Waals surface area contributed by atoms with Gasteiger partial charge in [-0.05, 0) is 48.9 Å². The monoisotopic (exact) mass is 272 g/mol. The van der Waals surface area contributed by atoms with E-state index in [0.717, 1.165) is 28.0 Å². The van der Waals surface area contributed by atoms with Crippen LogP contribution in [0, 0.1) is 6.92 Å². The third-order valence-electron chi connectivity index (χ3n) is 3.29. The molecule has 0 fully saturated rings. The van der Waals surface area contributed by atoms with Crippen LogP contribution in [0.1, 0.15) is 5.56 Å². The van der Waals surface area contributed by atoms with Crippen molar-refractivity contribution in [1.82, 2.24) is 9.55 Å². The molecule has 3 nitrogen and oxygen atoms in total. The van der Waals surface area contributed by atoms with E-state index in [1.807, 2.05) is 42.8 Å². The number of hydrogen-bond donors (Lipinski definition) is 1. The summed E-state index contributed by atoms with van der Waals surface area (Å²) in [5.41, 5.74) is 3.90. The predicted molar refractivity (Wildman–Crippen MR) is 77.6 cm³/mol. The molecule has 3 aromatic rings. The highest BCUT2D eigenvalue weighted by Gasteiger charge is 2.12. The second kappa shape index (κ2) is 4.28. The fraction of sp³-hybridized carbons (Fsp3) is 0.133. The van der Waals surface area contributed by atoms with Crippen LogP contribution in [-0.4, -0.2) is 14.7 Å². The van der Waals surface area contributed by atoms with E-state index < -0.39 is 0 Å². The first-order valence-corrected chi connectivity index (χ1v) is 6.36. The van der Waals surface area contributed by atoms with Crippen LogP contribution >= 0.6 is 11.6 Å². The number of phenols is 1. The van der Waals surface area contributed by atoms with Gasteiger partial charge >= 0.3 is 0 Å². The quantitative estimate of drug-likeness (QED) is 0.729. The van der Waals surface area contributed by atoms with Crippen LogP contribution in [0.25, 0.3) is 22.4 Å². The molecule has 0 saturated carbocycles. The first-order valence-electron chi connectivity index (χ1n) is 5.98. The van der Waals surface area contributed by atoms with Crippen LogP contribution in [0.4, 0.5) is 0 Å². The second-order valence-corrected chi connectivity index (χ2v) is 5.06. The molecule has 0 unspecified atom stereocenters. The van der Waals surface area contributed by atoms with Crippen LogP contribution in [-0.2, 0) is 7.05 Å². The lowest BCUT2D eigenvalue weighted by molar-refractivity contribution is 0.475. The first kappa shape index (κ1) is 12.1. The highest BCUT2D eigenvalue weighted by Crippen LogP contribution is 2.29. The van der Waals surface area contributed by atoms with Gasteiger partial charge in [-0.15, -0.1) is 0 Å². The Kier molecular flexibility index (Phi) is 2.72. The molecule has 0 atom stereocenters. The fourth-order valence-corrected chi connectivity index (χ4v) is 2.48. The fourth-order valence-electron chi connectivity index (χ4n) is 2.31. The van der Waals surface area contributed by atoms with Crippen molar-refractivity contribution in [2.45, 2.75) is 6.92 Å². The first-order chi connectivity index (χ1) is 9.06. The van der Waals surface area contributed by atoms with Gasteiger partial charge in [-0.2, -0.15) is 0 Å². The van der Waals surface area contributed by atoms with Crippen molar-refractivity contribution in [3.05, 3.63) is 47.0 Å². The van der Waals surface area contributed by atoms with Gasteiger partial charge in [0.2, 0.25) is 0 Å². The van der Waals surface area contributed by atoms with Gasteiger partial charge < -0.3 is 9.67 Å². The summed E-state index contributed by atoms with van der Waals surface area (Å²) in [6, 6.07) is 11.0. The van der Waals surface area contributed by atoms with Gasteiger partial charge in [-0.25, -0.2) is 4.98 Å². The minimum absolute atomic E-state index is 0.267. The smallest absolute Gasteiger partial charge is 0.141 e. The van der Waals surface area contributed by atoms with Gasteiger partial charge in [0.05, 0.1) is 11.0 Å². The Morgan fingerprint density at radius 2 is 1.95 bits per heavy atom. The Labute approximate surface area is 116 Å². The van der Waals surface area contributed by atoms with Gasteiger partial charge in [0.1, 0.15) is 11.6 Å².